The fraction of sp³-hybridized carbons (Fsp3) is 0.0909. The average Bonchev–Trinajstić information content (AvgIpc) is 3.32. The van der Waals surface area contributed by atoms with E-state index in [1.54, 1.807) is 60.0 Å². The van der Waals surface area contributed by atoms with Crippen LogP contribution in [-0.2, 0) is 4.79 Å². The molecular weight excluding hydrogens is 429 g/mol. The molecule has 146 valence electrons. The van der Waals surface area contributed by atoms with Crippen LogP contribution < -0.4 is 4.90 Å². The zero-order chi connectivity index (χ0) is 20.7. The Hall–Kier alpha value is -2.60. The molecule has 2 aromatic carbocycles. The molecule has 29 heavy (non-hydrogen) atoms. The first kappa shape index (κ1) is 19.7. The van der Waals surface area contributed by atoms with Crippen LogP contribution in [0.25, 0.3) is 0 Å². The van der Waals surface area contributed by atoms with Gasteiger partial charge in [-0.05, 0) is 53.8 Å². The maximum atomic E-state index is 13.2. The molecular formula is C22H15Cl2NO3S. The predicted octanol–water partition coefficient (Wildman–Crippen LogP) is 6.15. The zero-order valence-electron chi connectivity index (χ0n) is 15.2. The third-order valence-electron chi connectivity index (χ3n) is 4.82. The number of hydrogen-bond acceptors (Lipinski definition) is 4. The lowest BCUT2D eigenvalue weighted by Gasteiger charge is -2.27. The number of aryl methyl sites for hydroxylation is 1. The second-order valence-corrected chi connectivity index (χ2v) is 8.42. The minimum absolute atomic E-state index is 0.0384. The molecule has 0 aliphatic carbocycles. The van der Waals surface area contributed by atoms with Gasteiger partial charge in [0.25, 0.3) is 5.91 Å². The molecule has 0 fully saturated rings. The van der Waals surface area contributed by atoms with E-state index in [9.17, 15) is 14.7 Å². The van der Waals surface area contributed by atoms with Crippen molar-refractivity contribution in [2.45, 2.75) is 13.0 Å². The number of halogens is 2. The predicted molar refractivity (Wildman–Crippen MR) is 116 cm³/mol. The van der Waals surface area contributed by atoms with Gasteiger partial charge in [0.05, 0.1) is 16.5 Å². The molecule has 0 radical (unpaired) electrons. The smallest absolute Gasteiger partial charge is 0.294 e. The molecule has 1 amide bonds. The average molecular weight is 444 g/mol. The Balaban J connectivity index is 1.89. The van der Waals surface area contributed by atoms with E-state index in [4.69, 9.17) is 23.2 Å². The van der Waals surface area contributed by atoms with Crippen molar-refractivity contribution >= 4 is 51.9 Å². The summed E-state index contributed by atoms with van der Waals surface area (Å²) in [4.78, 5) is 28.1. The Kier molecular flexibility index (Phi) is 5.21. The fourth-order valence-corrected chi connectivity index (χ4v) is 4.31. The van der Waals surface area contributed by atoms with Crippen molar-refractivity contribution in [3.05, 3.63) is 97.4 Å². The van der Waals surface area contributed by atoms with Gasteiger partial charge >= 0.3 is 0 Å². The molecule has 0 saturated carbocycles. The van der Waals surface area contributed by atoms with Gasteiger partial charge in [0, 0.05) is 15.7 Å². The molecule has 1 aromatic heterocycles. The summed E-state index contributed by atoms with van der Waals surface area (Å²) in [5.41, 5.74) is 2.04. The number of carbonyl (C=O) groups excluding carboxylic acids is 2. The van der Waals surface area contributed by atoms with E-state index in [-0.39, 0.29) is 11.4 Å². The SMILES string of the molecule is Cc1ccc(N2C(=O)C(O)=C(C(=O)c3cccs3)C2c2ccc(Cl)cc2)cc1Cl. The van der Waals surface area contributed by atoms with E-state index >= 15 is 0 Å². The van der Waals surface area contributed by atoms with Crippen molar-refractivity contribution in [1.29, 1.82) is 0 Å². The maximum Gasteiger partial charge on any atom is 0.294 e. The van der Waals surface area contributed by atoms with E-state index in [0.717, 1.165) is 5.56 Å². The Bertz CT molecular complexity index is 1140. The zero-order valence-corrected chi connectivity index (χ0v) is 17.6. The number of aliphatic hydroxyl groups is 1. The number of rotatable bonds is 4. The second kappa shape index (κ2) is 7.67. The van der Waals surface area contributed by atoms with Crippen molar-refractivity contribution in [2.24, 2.45) is 0 Å². The van der Waals surface area contributed by atoms with E-state index < -0.39 is 17.7 Å². The van der Waals surface area contributed by atoms with Crippen molar-refractivity contribution in [1.82, 2.24) is 0 Å². The van der Waals surface area contributed by atoms with Crippen molar-refractivity contribution < 1.29 is 14.7 Å². The number of benzene rings is 2. The summed E-state index contributed by atoms with van der Waals surface area (Å²) in [6.07, 6.45) is 0. The van der Waals surface area contributed by atoms with Crippen LogP contribution in [0.4, 0.5) is 5.69 Å². The highest BCUT2D eigenvalue weighted by Gasteiger charge is 2.44. The van der Waals surface area contributed by atoms with Crippen LogP contribution in [0.5, 0.6) is 0 Å². The Morgan fingerprint density at radius 1 is 1.10 bits per heavy atom. The van der Waals surface area contributed by atoms with Gasteiger partial charge in [-0.25, -0.2) is 0 Å². The van der Waals surface area contributed by atoms with E-state index in [1.165, 1.54) is 16.2 Å². The number of carbonyl (C=O) groups is 2. The number of amides is 1. The molecule has 0 saturated heterocycles. The van der Waals surface area contributed by atoms with Gasteiger partial charge in [-0.1, -0.05) is 47.5 Å². The van der Waals surface area contributed by atoms with Crippen LogP contribution in [0, 0.1) is 6.92 Å². The lowest BCUT2D eigenvalue weighted by Crippen LogP contribution is -2.31. The quantitative estimate of drug-likeness (QED) is 0.492. The van der Waals surface area contributed by atoms with Crippen LogP contribution >= 0.6 is 34.5 Å². The molecule has 1 aliphatic heterocycles. The largest absolute Gasteiger partial charge is 0.503 e. The van der Waals surface area contributed by atoms with Crippen molar-refractivity contribution in [3.63, 3.8) is 0 Å². The molecule has 1 N–H and O–H groups in total. The monoisotopic (exact) mass is 443 g/mol. The van der Waals surface area contributed by atoms with Crippen molar-refractivity contribution in [2.75, 3.05) is 4.90 Å². The summed E-state index contributed by atoms with van der Waals surface area (Å²) >= 11 is 13.6. The number of anilines is 1. The van der Waals surface area contributed by atoms with Gasteiger partial charge in [0.2, 0.25) is 5.78 Å². The number of nitrogens with zero attached hydrogens (tertiary/aromatic N) is 1. The van der Waals surface area contributed by atoms with Gasteiger partial charge in [0.15, 0.2) is 5.76 Å². The van der Waals surface area contributed by atoms with Crippen LogP contribution in [-0.4, -0.2) is 16.8 Å². The molecule has 1 atom stereocenters. The van der Waals surface area contributed by atoms with E-state index in [1.807, 2.05) is 6.92 Å². The Labute approximate surface area is 181 Å². The first-order valence-corrected chi connectivity index (χ1v) is 10.4. The van der Waals surface area contributed by atoms with Gasteiger partial charge in [0.1, 0.15) is 0 Å². The highest BCUT2D eigenvalue weighted by molar-refractivity contribution is 7.12. The number of aliphatic hydroxyl groups excluding tert-OH is 1. The van der Waals surface area contributed by atoms with Crippen LogP contribution in [0.3, 0.4) is 0 Å². The standard InChI is InChI=1S/C22H15Cl2NO3S/c1-12-4-9-15(11-16(12)24)25-19(13-5-7-14(23)8-6-13)18(21(27)22(25)28)20(26)17-3-2-10-29-17/h2-11,19,27H,1H3. The maximum absolute atomic E-state index is 13.2. The topological polar surface area (TPSA) is 57.6 Å². The first-order chi connectivity index (χ1) is 13.9. The molecule has 7 heteroatoms. The van der Waals surface area contributed by atoms with Gasteiger partial charge < -0.3 is 5.11 Å². The number of hydrogen-bond donors (Lipinski definition) is 1. The molecule has 3 aromatic rings. The van der Waals surface area contributed by atoms with E-state index in [0.29, 0.717) is 26.2 Å². The lowest BCUT2D eigenvalue weighted by atomic mass is 9.95. The summed E-state index contributed by atoms with van der Waals surface area (Å²) in [6, 6.07) is 14.7. The second-order valence-electron chi connectivity index (χ2n) is 6.63. The highest BCUT2D eigenvalue weighted by atomic mass is 35.5. The summed E-state index contributed by atoms with van der Waals surface area (Å²) in [6.45, 7) is 1.86. The van der Waals surface area contributed by atoms with Crippen molar-refractivity contribution in [3.8, 4) is 0 Å². The highest BCUT2D eigenvalue weighted by Crippen LogP contribution is 2.43. The normalized spacial score (nSPS) is 16.6. The number of ketones is 1. The van der Waals surface area contributed by atoms with E-state index in [2.05, 4.69) is 0 Å². The summed E-state index contributed by atoms with van der Waals surface area (Å²) in [7, 11) is 0. The molecule has 0 spiro atoms. The molecule has 4 rings (SSSR count). The van der Waals surface area contributed by atoms with Crippen LogP contribution in [0.1, 0.15) is 26.8 Å². The van der Waals surface area contributed by atoms with Crippen LogP contribution in [0.15, 0.2) is 71.3 Å². The Morgan fingerprint density at radius 3 is 2.45 bits per heavy atom. The lowest BCUT2D eigenvalue weighted by molar-refractivity contribution is -0.117. The van der Waals surface area contributed by atoms with Gasteiger partial charge in [-0.15, -0.1) is 11.3 Å². The molecule has 0 bridgehead atoms. The summed E-state index contributed by atoms with van der Waals surface area (Å²) < 4.78 is 0. The first-order valence-electron chi connectivity index (χ1n) is 8.75. The number of Topliss-reactive ketones (excluding diaryl/α,β-unsaturated/α-hetero) is 1. The molecule has 1 aliphatic rings. The third-order valence-corrected chi connectivity index (χ3v) is 6.34. The van der Waals surface area contributed by atoms with Crippen LogP contribution in [0.2, 0.25) is 10.0 Å². The molecule has 4 nitrogen and oxygen atoms in total. The van der Waals surface area contributed by atoms with Gasteiger partial charge in [-0.2, -0.15) is 0 Å². The van der Waals surface area contributed by atoms with Gasteiger partial charge in [-0.3, -0.25) is 14.5 Å². The fourth-order valence-electron chi connectivity index (χ4n) is 3.34. The Morgan fingerprint density at radius 2 is 1.83 bits per heavy atom. The minimum atomic E-state index is -0.798. The minimum Gasteiger partial charge on any atom is -0.503 e. The summed E-state index contributed by atoms with van der Waals surface area (Å²) in [5.74, 6) is -1.59. The molecule has 2 heterocycles. The molecule has 1 unspecified atom stereocenters. The summed E-state index contributed by atoms with van der Waals surface area (Å²) in [5, 5.41) is 13.5. The third kappa shape index (κ3) is 3.46. The number of thiophene rings is 1.